The number of aromatic amines is 1. The Morgan fingerprint density at radius 2 is 2.58 bits per heavy atom. The molecule has 0 aliphatic carbocycles. The number of hydrogen-bond acceptors (Lipinski definition) is 2. The second-order valence-electron chi connectivity index (χ2n) is 3.61. The molecule has 1 aliphatic heterocycles. The lowest BCUT2D eigenvalue weighted by molar-refractivity contribution is 0.442. The molecular formula is C9H15N3. The molecule has 0 radical (unpaired) electrons. The largest absolute Gasteiger partial charge is 0.342 e. The third-order valence-corrected chi connectivity index (χ3v) is 2.44. The van der Waals surface area contributed by atoms with Gasteiger partial charge in [-0.15, -0.1) is 0 Å². The SMILES string of the molecule is CC1CCCN(c2ncc[nH]2)C1. The highest BCUT2D eigenvalue weighted by Crippen LogP contribution is 2.18. The molecule has 0 spiro atoms. The minimum atomic E-state index is 0.809. The summed E-state index contributed by atoms with van der Waals surface area (Å²) in [5.41, 5.74) is 0. The van der Waals surface area contributed by atoms with Crippen LogP contribution in [-0.2, 0) is 0 Å². The van der Waals surface area contributed by atoms with E-state index in [1.807, 2.05) is 12.4 Å². The standard InChI is InChI=1S/C9H15N3/c1-8-3-2-6-12(7-8)9-10-4-5-11-9/h4-5,8H,2-3,6-7H2,1H3,(H,10,11). The smallest absolute Gasteiger partial charge is 0.202 e. The predicted molar refractivity (Wildman–Crippen MR) is 49.2 cm³/mol. The maximum atomic E-state index is 4.24. The summed E-state index contributed by atoms with van der Waals surface area (Å²) in [7, 11) is 0. The van der Waals surface area contributed by atoms with Crippen molar-refractivity contribution in [1.82, 2.24) is 9.97 Å². The van der Waals surface area contributed by atoms with Crippen molar-refractivity contribution in [2.24, 2.45) is 5.92 Å². The van der Waals surface area contributed by atoms with E-state index in [0.29, 0.717) is 0 Å². The average Bonchev–Trinajstić information content (AvgIpc) is 2.56. The van der Waals surface area contributed by atoms with Crippen LogP contribution >= 0.6 is 0 Å². The molecule has 1 aromatic heterocycles. The lowest BCUT2D eigenvalue weighted by Crippen LogP contribution is -2.34. The van der Waals surface area contributed by atoms with Crippen LogP contribution in [0.25, 0.3) is 0 Å². The normalized spacial score (nSPS) is 24.4. The molecule has 1 atom stereocenters. The second-order valence-corrected chi connectivity index (χ2v) is 3.61. The molecule has 2 heterocycles. The highest BCUT2D eigenvalue weighted by Gasteiger charge is 2.17. The molecule has 1 fully saturated rings. The molecule has 0 bridgehead atoms. The van der Waals surface area contributed by atoms with Crippen molar-refractivity contribution in [2.45, 2.75) is 19.8 Å². The number of aromatic nitrogens is 2. The van der Waals surface area contributed by atoms with Gasteiger partial charge in [-0.05, 0) is 18.8 Å². The van der Waals surface area contributed by atoms with Crippen molar-refractivity contribution in [3.8, 4) is 0 Å². The third-order valence-electron chi connectivity index (χ3n) is 2.44. The summed E-state index contributed by atoms with van der Waals surface area (Å²) in [6, 6.07) is 0. The van der Waals surface area contributed by atoms with E-state index >= 15 is 0 Å². The van der Waals surface area contributed by atoms with Gasteiger partial charge in [-0.3, -0.25) is 0 Å². The zero-order valence-electron chi connectivity index (χ0n) is 7.45. The molecule has 2 rings (SSSR count). The van der Waals surface area contributed by atoms with E-state index in [0.717, 1.165) is 25.0 Å². The highest BCUT2D eigenvalue weighted by atomic mass is 15.3. The zero-order chi connectivity index (χ0) is 8.39. The molecule has 12 heavy (non-hydrogen) atoms. The van der Waals surface area contributed by atoms with Crippen LogP contribution < -0.4 is 4.90 Å². The Hall–Kier alpha value is -0.990. The number of hydrogen-bond donors (Lipinski definition) is 1. The molecule has 1 aromatic rings. The molecule has 0 amide bonds. The first-order chi connectivity index (χ1) is 5.86. The first-order valence-corrected chi connectivity index (χ1v) is 4.60. The van der Waals surface area contributed by atoms with E-state index in [1.165, 1.54) is 12.8 Å². The van der Waals surface area contributed by atoms with E-state index in [1.54, 1.807) is 0 Å². The van der Waals surface area contributed by atoms with Gasteiger partial charge in [0.05, 0.1) is 0 Å². The number of H-pyrrole nitrogens is 1. The Bertz CT molecular complexity index is 230. The maximum absolute atomic E-state index is 4.24. The summed E-state index contributed by atoms with van der Waals surface area (Å²) < 4.78 is 0. The molecule has 1 saturated heterocycles. The molecule has 3 heteroatoms. The average molecular weight is 165 g/mol. The molecule has 3 nitrogen and oxygen atoms in total. The number of nitrogens with one attached hydrogen (secondary N) is 1. The fourth-order valence-electron chi connectivity index (χ4n) is 1.81. The topological polar surface area (TPSA) is 31.9 Å². The van der Waals surface area contributed by atoms with Crippen LogP contribution in [-0.4, -0.2) is 23.1 Å². The van der Waals surface area contributed by atoms with Gasteiger partial charge in [-0.25, -0.2) is 4.98 Å². The summed E-state index contributed by atoms with van der Waals surface area (Å²) in [4.78, 5) is 9.71. The van der Waals surface area contributed by atoms with Gasteiger partial charge < -0.3 is 9.88 Å². The maximum Gasteiger partial charge on any atom is 0.202 e. The minimum absolute atomic E-state index is 0.809. The fraction of sp³-hybridized carbons (Fsp3) is 0.667. The van der Waals surface area contributed by atoms with Gasteiger partial charge in [-0.2, -0.15) is 0 Å². The van der Waals surface area contributed by atoms with Crippen LogP contribution in [0.15, 0.2) is 12.4 Å². The monoisotopic (exact) mass is 165 g/mol. The van der Waals surface area contributed by atoms with Gasteiger partial charge in [0.2, 0.25) is 5.95 Å². The van der Waals surface area contributed by atoms with Crippen LogP contribution in [0.5, 0.6) is 0 Å². The molecule has 66 valence electrons. The number of imidazole rings is 1. The Balaban J connectivity index is 2.04. The van der Waals surface area contributed by atoms with Crippen LogP contribution in [0, 0.1) is 5.92 Å². The number of nitrogens with zero attached hydrogens (tertiary/aromatic N) is 2. The predicted octanol–water partition coefficient (Wildman–Crippen LogP) is 1.65. The Labute approximate surface area is 72.8 Å². The molecule has 0 aromatic carbocycles. The lowest BCUT2D eigenvalue weighted by Gasteiger charge is -2.30. The van der Waals surface area contributed by atoms with E-state index in [4.69, 9.17) is 0 Å². The van der Waals surface area contributed by atoms with Crippen LogP contribution in [0.4, 0.5) is 5.95 Å². The van der Waals surface area contributed by atoms with Crippen LogP contribution in [0.3, 0.4) is 0 Å². The van der Waals surface area contributed by atoms with Crippen LogP contribution in [0.2, 0.25) is 0 Å². The van der Waals surface area contributed by atoms with Crippen molar-refractivity contribution < 1.29 is 0 Å². The van der Waals surface area contributed by atoms with Gasteiger partial charge in [0.25, 0.3) is 0 Å². The summed E-state index contributed by atoms with van der Waals surface area (Å²) >= 11 is 0. The third kappa shape index (κ3) is 1.44. The summed E-state index contributed by atoms with van der Waals surface area (Å²) in [6.45, 7) is 4.60. The molecular weight excluding hydrogens is 150 g/mol. The first-order valence-electron chi connectivity index (χ1n) is 4.60. The molecule has 1 N–H and O–H groups in total. The van der Waals surface area contributed by atoms with Gasteiger partial charge in [0.1, 0.15) is 0 Å². The zero-order valence-corrected chi connectivity index (χ0v) is 7.45. The van der Waals surface area contributed by atoms with E-state index in [2.05, 4.69) is 21.8 Å². The number of piperidine rings is 1. The van der Waals surface area contributed by atoms with Crippen LogP contribution in [0.1, 0.15) is 19.8 Å². The minimum Gasteiger partial charge on any atom is -0.342 e. The van der Waals surface area contributed by atoms with E-state index in [-0.39, 0.29) is 0 Å². The quantitative estimate of drug-likeness (QED) is 0.686. The highest BCUT2D eigenvalue weighted by molar-refractivity contribution is 5.29. The van der Waals surface area contributed by atoms with Crippen molar-refractivity contribution in [3.05, 3.63) is 12.4 Å². The van der Waals surface area contributed by atoms with Crippen molar-refractivity contribution in [2.75, 3.05) is 18.0 Å². The lowest BCUT2D eigenvalue weighted by atomic mass is 10.0. The number of rotatable bonds is 1. The first kappa shape index (κ1) is 7.65. The van der Waals surface area contributed by atoms with Gasteiger partial charge in [0, 0.05) is 25.5 Å². The summed E-state index contributed by atoms with van der Waals surface area (Å²) in [6.07, 6.45) is 6.35. The van der Waals surface area contributed by atoms with Gasteiger partial charge in [0.15, 0.2) is 0 Å². The second kappa shape index (κ2) is 3.17. The Morgan fingerprint density at radius 1 is 1.67 bits per heavy atom. The van der Waals surface area contributed by atoms with Gasteiger partial charge in [-0.1, -0.05) is 6.92 Å². The molecule has 0 saturated carbocycles. The molecule has 1 aliphatic rings. The van der Waals surface area contributed by atoms with E-state index < -0.39 is 0 Å². The van der Waals surface area contributed by atoms with Crippen molar-refractivity contribution in [3.63, 3.8) is 0 Å². The number of anilines is 1. The summed E-state index contributed by atoms with van der Waals surface area (Å²) in [5, 5.41) is 0. The molecule has 1 unspecified atom stereocenters. The van der Waals surface area contributed by atoms with Gasteiger partial charge >= 0.3 is 0 Å². The van der Waals surface area contributed by atoms with Crippen molar-refractivity contribution in [1.29, 1.82) is 0 Å². The summed E-state index contributed by atoms with van der Waals surface area (Å²) in [5.74, 6) is 1.84. The fourth-order valence-corrected chi connectivity index (χ4v) is 1.81. The Morgan fingerprint density at radius 3 is 3.25 bits per heavy atom. The van der Waals surface area contributed by atoms with Crippen molar-refractivity contribution >= 4 is 5.95 Å². The van der Waals surface area contributed by atoms with E-state index in [9.17, 15) is 0 Å². The Kier molecular flexibility index (Phi) is 2.02.